The fourth-order valence-corrected chi connectivity index (χ4v) is 2.99. The average molecular weight is 312 g/mol. The van der Waals surface area contributed by atoms with Gasteiger partial charge in [0.2, 0.25) is 0 Å². The summed E-state index contributed by atoms with van der Waals surface area (Å²) in [5.41, 5.74) is 0.848. The summed E-state index contributed by atoms with van der Waals surface area (Å²) in [6.07, 6.45) is 5.11. The molecule has 1 saturated carbocycles. The van der Waals surface area contributed by atoms with Crippen LogP contribution in [0, 0.1) is 5.82 Å². The third-order valence-corrected chi connectivity index (χ3v) is 4.29. The molecule has 0 radical (unpaired) electrons. The lowest BCUT2D eigenvalue weighted by atomic mass is 9.82. The Hall–Kier alpha value is -1.29. The normalized spacial score (nSPS) is 21.6. The number of benzene rings is 1. The second kappa shape index (κ2) is 8.37. The van der Waals surface area contributed by atoms with Gasteiger partial charge in [0.05, 0.1) is 6.10 Å². The molecule has 4 heteroatoms. The second-order valence-corrected chi connectivity index (χ2v) is 5.91. The van der Waals surface area contributed by atoms with E-state index < -0.39 is 11.9 Å². The minimum absolute atomic E-state index is 0.0552. The highest BCUT2D eigenvalue weighted by molar-refractivity contribution is 5.51. The van der Waals surface area contributed by atoms with E-state index >= 15 is 0 Å². The van der Waals surface area contributed by atoms with Crippen molar-refractivity contribution in [1.82, 2.24) is 0 Å². The standard InChI is InChI=1S/C18H23F3O/c1-2-3-10-22-16-8-6-13(7-9-16)14-4-5-15(12-18(20)21)17(19)11-14/h4-5,11-13,16H,2-3,6-10H2,1H3. The van der Waals surface area contributed by atoms with Gasteiger partial charge >= 0.3 is 0 Å². The van der Waals surface area contributed by atoms with E-state index in [1.165, 1.54) is 12.1 Å². The van der Waals surface area contributed by atoms with Gasteiger partial charge in [-0.15, -0.1) is 0 Å². The van der Waals surface area contributed by atoms with Gasteiger partial charge in [-0.3, -0.25) is 0 Å². The van der Waals surface area contributed by atoms with Crippen molar-refractivity contribution in [1.29, 1.82) is 0 Å². The van der Waals surface area contributed by atoms with E-state index in [4.69, 9.17) is 4.74 Å². The molecule has 1 aliphatic carbocycles. The van der Waals surface area contributed by atoms with Crippen LogP contribution in [0.2, 0.25) is 0 Å². The van der Waals surface area contributed by atoms with E-state index in [0.717, 1.165) is 50.7 Å². The summed E-state index contributed by atoms with van der Waals surface area (Å²) >= 11 is 0. The average Bonchev–Trinajstić information content (AvgIpc) is 2.50. The molecule has 1 aliphatic rings. The number of ether oxygens (including phenoxy) is 1. The number of rotatable bonds is 6. The van der Waals surface area contributed by atoms with E-state index in [-0.39, 0.29) is 5.56 Å². The molecule has 0 heterocycles. The van der Waals surface area contributed by atoms with Gasteiger partial charge in [0.1, 0.15) is 5.82 Å². The van der Waals surface area contributed by atoms with Crippen molar-refractivity contribution < 1.29 is 17.9 Å². The number of hydrogen-bond acceptors (Lipinski definition) is 1. The Morgan fingerprint density at radius 3 is 2.55 bits per heavy atom. The zero-order valence-corrected chi connectivity index (χ0v) is 13.0. The summed E-state index contributed by atoms with van der Waals surface area (Å²) in [7, 11) is 0. The Morgan fingerprint density at radius 1 is 1.23 bits per heavy atom. The summed E-state index contributed by atoms with van der Waals surface area (Å²) in [5, 5.41) is 0. The molecule has 122 valence electrons. The van der Waals surface area contributed by atoms with Gasteiger partial charge in [-0.05, 0) is 49.7 Å². The molecule has 1 aromatic rings. The predicted octanol–water partition coefficient (Wildman–Crippen LogP) is 5.91. The summed E-state index contributed by atoms with van der Waals surface area (Å²) in [6.45, 7) is 2.96. The maximum Gasteiger partial charge on any atom is 0.271 e. The zero-order chi connectivity index (χ0) is 15.9. The van der Waals surface area contributed by atoms with Crippen LogP contribution in [0.3, 0.4) is 0 Å². The van der Waals surface area contributed by atoms with Crippen LogP contribution in [-0.2, 0) is 4.74 Å². The van der Waals surface area contributed by atoms with Gasteiger partial charge in [0.25, 0.3) is 6.08 Å². The highest BCUT2D eigenvalue weighted by Gasteiger charge is 2.23. The Bertz CT molecular complexity index is 501. The van der Waals surface area contributed by atoms with Gasteiger partial charge in [0, 0.05) is 18.2 Å². The lowest BCUT2D eigenvalue weighted by molar-refractivity contribution is 0.0232. The molecule has 1 nitrogen and oxygen atoms in total. The number of halogens is 3. The molecule has 1 fully saturated rings. The van der Waals surface area contributed by atoms with Crippen LogP contribution >= 0.6 is 0 Å². The van der Waals surface area contributed by atoms with E-state index in [1.54, 1.807) is 6.07 Å². The minimum Gasteiger partial charge on any atom is -0.378 e. The SMILES string of the molecule is CCCCOC1CCC(c2ccc(C=C(F)F)c(F)c2)CC1. The van der Waals surface area contributed by atoms with Gasteiger partial charge in [-0.1, -0.05) is 25.5 Å². The first kappa shape index (κ1) is 17.1. The van der Waals surface area contributed by atoms with Gasteiger partial charge in [-0.2, -0.15) is 8.78 Å². The van der Waals surface area contributed by atoms with Crippen molar-refractivity contribution in [3.63, 3.8) is 0 Å². The topological polar surface area (TPSA) is 9.23 Å². The van der Waals surface area contributed by atoms with Crippen molar-refractivity contribution in [2.45, 2.75) is 57.5 Å². The summed E-state index contributed by atoms with van der Waals surface area (Å²) in [5.74, 6) is -0.277. The van der Waals surface area contributed by atoms with Crippen LogP contribution < -0.4 is 0 Å². The lowest BCUT2D eigenvalue weighted by Gasteiger charge is -2.29. The van der Waals surface area contributed by atoms with Crippen LogP contribution in [0.15, 0.2) is 24.3 Å². The molecule has 0 bridgehead atoms. The first-order chi connectivity index (χ1) is 10.6. The Balaban J connectivity index is 1.91. The molecular weight excluding hydrogens is 289 g/mol. The van der Waals surface area contributed by atoms with Crippen molar-refractivity contribution in [2.75, 3.05) is 6.61 Å². The molecule has 0 N–H and O–H groups in total. The van der Waals surface area contributed by atoms with Gasteiger partial charge in [-0.25, -0.2) is 4.39 Å². The van der Waals surface area contributed by atoms with Crippen molar-refractivity contribution in [2.24, 2.45) is 0 Å². The van der Waals surface area contributed by atoms with Gasteiger partial charge < -0.3 is 4.74 Å². The molecule has 2 rings (SSSR count). The third-order valence-electron chi connectivity index (χ3n) is 4.29. The summed E-state index contributed by atoms with van der Waals surface area (Å²) in [4.78, 5) is 0. The highest BCUT2D eigenvalue weighted by atomic mass is 19.3. The fraction of sp³-hybridized carbons (Fsp3) is 0.556. The summed E-state index contributed by atoms with van der Waals surface area (Å²) < 4.78 is 44.1. The first-order valence-electron chi connectivity index (χ1n) is 8.04. The Morgan fingerprint density at radius 2 is 1.95 bits per heavy atom. The maximum atomic E-state index is 13.8. The van der Waals surface area contributed by atoms with Crippen molar-refractivity contribution in [3.05, 3.63) is 41.2 Å². The quantitative estimate of drug-likeness (QED) is 0.594. The molecule has 0 aliphatic heterocycles. The molecular formula is C18H23F3O. The third kappa shape index (κ3) is 4.87. The molecule has 0 saturated heterocycles. The number of hydrogen-bond donors (Lipinski definition) is 0. The van der Waals surface area contributed by atoms with E-state index in [9.17, 15) is 13.2 Å². The van der Waals surface area contributed by atoms with Crippen molar-refractivity contribution >= 4 is 6.08 Å². The molecule has 0 aromatic heterocycles. The first-order valence-corrected chi connectivity index (χ1v) is 8.04. The largest absolute Gasteiger partial charge is 0.378 e. The fourth-order valence-electron chi connectivity index (χ4n) is 2.99. The second-order valence-electron chi connectivity index (χ2n) is 5.91. The number of unbranched alkanes of at least 4 members (excludes halogenated alkanes) is 1. The van der Waals surface area contributed by atoms with E-state index in [2.05, 4.69) is 6.92 Å². The Labute approximate surface area is 130 Å². The van der Waals surface area contributed by atoms with Crippen LogP contribution in [0.25, 0.3) is 6.08 Å². The molecule has 0 amide bonds. The zero-order valence-electron chi connectivity index (χ0n) is 13.0. The van der Waals surface area contributed by atoms with Crippen molar-refractivity contribution in [3.8, 4) is 0 Å². The molecule has 0 unspecified atom stereocenters. The predicted molar refractivity (Wildman–Crippen MR) is 82.5 cm³/mol. The molecule has 1 aromatic carbocycles. The van der Waals surface area contributed by atoms with E-state index in [0.29, 0.717) is 18.1 Å². The van der Waals surface area contributed by atoms with Crippen LogP contribution in [0.1, 0.15) is 62.5 Å². The summed E-state index contributed by atoms with van der Waals surface area (Å²) in [6, 6.07) is 4.60. The lowest BCUT2D eigenvalue weighted by Crippen LogP contribution is -2.21. The molecule has 22 heavy (non-hydrogen) atoms. The van der Waals surface area contributed by atoms with Crippen LogP contribution in [-0.4, -0.2) is 12.7 Å². The highest BCUT2D eigenvalue weighted by Crippen LogP contribution is 2.34. The molecule has 0 spiro atoms. The molecule has 0 atom stereocenters. The smallest absolute Gasteiger partial charge is 0.271 e. The maximum absolute atomic E-state index is 13.8. The van der Waals surface area contributed by atoms with Crippen LogP contribution in [0.5, 0.6) is 0 Å². The van der Waals surface area contributed by atoms with Crippen LogP contribution in [0.4, 0.5) is 13.2 Å². The Kier molecular flexibility index (Phi) is 6.49. The monoisotopic (exact) mass is 312 g/mol. The van der Waals surface area contributed by atoms with E-state index in [1.807, 2.05) is 0 Å². The van der Waals surface area contributed by atoms with Gasteiger partial charge in [0.15, 0.2) is 0 Å². The minimum atomic E-state index is -1.88.